The summed E-state index contributed by atoms with van der Waals surface area (Å²) in [5.41, 5.74) is 0.735. The monoisotopic (exact) mass is 351 g/mol. The minimum atomic E-state index is -0.772. The summed E-state index contributed by atoms with van der Waals surface area (Å²) in [5.74, 6) is 0.444. The van der Waals surface area contributed by atoms with Gasteiger partial charge in [-0.05, 0) is 25.7 Å². The van der Waals surface area contributed by atoms with Crippen LogP contribution in [0.15, 0.2) is 12.1 Å². The van der Waals surface area contributed by atoms with E-state index in [4.69, 9.17) is 19.3 Å². The van der Waals surface area contributed by atoms with E-state index in [1.165, 1.54) is 0 Å². The van der Waals surface area contributed by atoms with E-state index in [0.29, 0.717) is 42.9 Å². The number of amides is 1. The van der Waals surface area contributed by atoms with Crippen LogP contribution >= 0.6 is 0 Å². The zero-order valence-electron chi connectivity index (χ0n) is 14.8. The summed E-state index contributed by atoms with van der Waals surface area (Å²) in [5, 5.41) is 11.9. The van der Waals surface area contributed by atoms with Crippen molar-refractivity contribution in [1.29, 1.82) is 0 Å². The summed E-state index contributed by atoms with van der Waals surface area (Å²) in [6.45, 7) is 0.272. The van der Waals surface area contributed by atoms with Crippen molar-refractivity contribution in [2.75, 3.05) is 21.3 Å². The largest absolute Gasteiger partial charge is 0.496 e. The lowest BCUT2D eigenvalue weighted by atomic mass is 9.81. The predicted molar refractivity (Wildman–Crippen MR) is 91.0 cm³/mol. The number of nitrogens with one attached hydrogen (secondary N) is 1. The average Bonchev–Trinajstić information content (AvgIpc) is 2.65. The Kier molecular flexibility index (Phi) is 6.50. The molecular weight excluding hydrogens is 326 g/mol. The van der Waals surface area contributed by atoms with Gasteiger partial charge < -0.3 is 24.6 Å². The molecule has 7 heteroatoms. The van der Waals surface area contributed by atoms with Gasteiger partial charge in [-0.15, -0.1) is 0 Å². The molecule has 1 aliphatic rings. The van der Waals surface area contributed by atoms with Crippen LogP contribution in [0, 0.1) is 11.8 Å². The van der Waals surface area contributed by atoms with Crippen LogP contribution in [0.1, 0.15) is 31.2 Å². The third-order valence-electron chi connectivity index (χ3n) is 4.70. The Balaban J connectivity index is 2.01. The highest BCUT2D eigenvalue weighted by Crippen LogP contribution is 2.34. The van der Waals surface area contributed by atoms with Crippen molar-refractivity contribution >= 4 is 11.9 Å². The predicted octanol–water partition coefficient (Wildman–Crippen LogP) is 2.22. The van der Waals surface area contributed by atoms with Crippen molar-refractivity contribution in [1.82, 2.24) is 5.32 Å². The van der Waals surface area contributed by atoms with E-state index in [1.54, 1.807) is 33.5 Å². The van der Waals surface area contributed by atoms with Gasteiger partial charge in [0.1, 0.15) is 17.2 Å². The van der Waals surface area contributed by atoms with E-state index in [9.17, 15) is 9.59 Å². The fourth-order valence-corrected chi connectivity index (χ4v) is 3.17. The van der Waals surface area contributed by atoms with Crippen molar-refractivity contribution in [2.24, 2.45) is 11.8 Å². The maximum atomic E-state index is 12.4. The molecule has 1 aliphatic carbocycles. The molecule has 0 aromatic heterocycles. The van der Waals surface area contributed by atoms with Gasteiger partial charge in [0.25, 0.3) is 0 Å². The molecule has 0 saturated heterocycles. The van der Waals surface area contributed by atoms with Gasteiger partial charge in [-0.1, -0.05) is 0 Å². The summed E-state index contributed by atoms with van der Waals surface area (Å²) in [6.07, 6.45) is 2.28. The van der Waals surface area contributed by atoms with Crippen LogP contribution in [-0.4, -0.2) is 38.3 Å². The number of methoxy groups -OCH3 is 3. The number of aliphatic carboxylic acids is 1. The molecule has 1 amide bonds. The molecule has 0 atom stereocenters. The number of carbonyl (C=O) groups is 2. The van der Waals surface area contributed by atoms with Crippen LogP contribution in [0.4, 0.5) is 0 Å². The van der Waals surface area contributed by atoms with Crippen molar-refractivity contribution in [3.8, 4) is 17.2 Å². The maximum Gasteiger partial charge on any atom is 0.306 e. The minimum absolute atomic E-state index is 0.0660. The standard InChI is InChI=1S/C18H25NO6/c1-23-13-8-15(24-2)14(16(9-13)25-3)10-19-17(20)11-4-6-12(7-5-11)18(21)22/h8-9,11-12H,4-7,10H2,1-3H3,(H,19,20)(H,21,22). The van der Waals surface area contributed by atoms with E-state index in [1.807, 2.05) is 0 Å². The first-order valence-electron chi connectivity index (χ1n) is 8.29. The van der Waals surface area contributed by atoms with Crippen LogP contribution in [0.3, 0.4) is 0 Å². The number of ether oxygens (including phenoxy) is 3. The van der Waals surface area contributed by atoms with Gasteiger partial charge in [0.05, 0.1) is 39.4 Å². The Morgan fingerprint density at radius 1 is 1.00 bits per heavy atom. The Morgan fingerprint density at radius 2 is 1.52 bits per heavy atom. The average molecular weight is 351 g/mol. The fraction of sp³-hybridized carbons (Fsp3) is 0.556. The summed E-state index contributed by atoms with van der Waals surface area (Å²) < 4.78 is 16.0. The number of hydrogen-bond donors (Lipinski definition) is 2. The van der Waals surface area contributed by atoms with Gasteiger partial charge in [0.2, 0.25) is 5.91 Å². The molecule has 7 nitrogen and oxygen atoms in total. The molecule has 2 N–H and O–H groups in total. The highest BCUT2D eigenvalue weighted by atomic mass is 16.5. The Morgan fingerprint density at radius 3 is 1.96 bits per heavy atom. The second-order valence-corrected chi connectivity index (χ2v) is 6.12. The third kappa shape index (κ3) is 4.55. The van der Waals surface area contributed by atoms with E-state index >= 15 is 0 Å². The third-order valence-corrected chi connectivity index (χ3v) is 4.70. The van der Waals surface area contributed by atoms with E-state index in [-0.39, 0.29) is 24.3 Å². The molecule has 0 radical (unpaired) electrons. The molecule has 1 aromatic carbocycles. The minimum Gasteiger partial charge on any atom is -0.496 e. The number of hydrogen-bond acceptors (Lipinski definition) is 5. The highest BCUT2D eigenvalue weighted by Gasteiger charge is 2.29. The van der Waals surface area contributed by atoms with Gasteiger partial charge >= 0.3 is 5.97 Å². The van der Waals surface area contributed by atoms with Gasteiger partial charge in [0.15, 0.2) is 0 Å². The number of carboxylic acid groups (broad SMARTS) is 1. The molecule has 1 saturated carbocycles. The quantitative estimate of drug-likeness (QED) is 0.782. The summed E-state index contributed by atoms with van der Waals surface area (Å²) in [7, 11) is 4.66. The summed E-state index contributed by atoms with van der Waals surface area (Å²) in [4.78, 5) is 23.4. The van der Waals surface area contributed by atoms with Gasteiger partial charge in [-0.3, -0.25) is 9.59 Å². The normalized spacial score (nSPS) is 19.8. The Hall–Kier alpha value is -2.44. The van der Waals surface area contributed by atoms with Crippen molar-refractivity contribution < 1.29 is 28.9 Å². The Labute approximate surface area is 147 Å². The van der Waals surface area contributed by atoms with Crippen LogP contribution in [0.2, 0.25) is 0 Å². The van der Waals surface area contributed by atoms with Crippen molar-refractivity contribution in [3.05, 3.63) is 17.7 Å². The van der Waals surface area contributed by atoms with Gasteiger partial charge in [-0.2, -0.15) is 0 Å². The number of benzene rings is 1. The molecule has 0 unspecified atom stereocenters. The number of carbonyl (C=O) groups excluding carboxylic acids is 1. The molecule has 0 bridgehead atoms. The van der Waals surface area contributed by atoms with Crippen molar-refractivity contribution in [2.45, 2.75) is 32.2 Å². The smallest absolute Gasteiger partial charge is 0.306 e. The zero-order chi connectivity index (χ0) is 18.4. The zero-order valence-corrected chi connectivity index (χ0v) is 14.8. The van der Waals surface area contributed by atoms with Crippen LogP contribution in [0.25, 0.3) is 0 Å². The molecule has 0 aliphatic heterocycles. The molecule has 2 rings (SSSR count). The number of rotatable bonds is 7. The topological polar surface area (TPSA) is 94.1 Å². The van der Waals surface area contributed by atoms with E-state index < -0.39 is 5.97 Å². The molecule has 25 heavy (non-hydrogen) atoms. The molecule has 1 fully saturated rings. The first-order chi connectivity index (χ1) is 12.0. The summed E-state index contributed by atoms with van der Waals surface area (Å²) >= 11 is 0. The molecular formula is C18H25NO6. The highest BCUT2D eigenvalue weighted by molar-refractivity contribution is 5.79. The fourth-order valence-electron chi connectivity index (χ4n) is 3.17. The lowest BCUT2D eigenvalue weighted by molar-refractivity contribution is -0.144. The first-order valence-corrected chi connectivity index (χ1v) is 8.29. The summed E-state index contributed by atoms with van der Waals surface area (Å²) in [6, 6.07) is 3.48. The molecule has 0 heterocycles. The van der Waals surface area contributed by atoms with Crippen LogP contribution in [-0.2, 0) is 16.1 Å². The second-order valence-electron chi connectivity index (χ2n) is 6.12. The van der Waals surface area contributed by atoms with E-state index in [0.717, 1.165) is 5.56 Å². The first kappa shape index (κ1) is 18.9. The Bertz CT molecular complexity index is 597. The molecule has 138 valence electrons. The van der Waals surface area contributed by atoms with Crippen molar-refractivity contribution in [3.63, 3.8) is 0 Å². The van der Waals surface area contributed by atoms with Crippen LogP contribution in [0.5, 0.6) is 17.2 Å². The molecule has 1 aromatic rings. The lowest BCUT2D eigenvalue weighted by Crippen LogP contribution is -2.34. The lowest BCUT2D eigenvalue weighted by Gasteiger charge is -2.25. The van der Waals surface area contributed by atoms with E-state index in [2.05, 4.69) is 5.32 Å². The maximum absolute atomic E-state index is 12.4. The second kappa shape index (κ2) is 8.60. The van der Waals surface area contributed by atoms with Gasteiger partial charge in [0, 0.05) is 18.1 Å². The SMILES string of the molecule is COc1cc(OC)c(CNC(=O)C2CCC(C(=O)O)CC2)c(OC)c1. The van der Waals surface area contributed by atoms with Gasteiger partial charge in [-0.25, -0.2) is 0 Å². The number of carboxylic acids is 1. The molecule has 0 spiro atoms. The van der Waals surface area contributed by atoms with Crippen LogP contribution < -0.4 is 19.5 Å².